The summed E-state index contributed by atoms with van der Waals surface area (Å²) in [5, 5.41) is 21.3. The highest BCUT2D eigenvalue weighted by atomic mass is 16.6. The molecule has 0 fully saturated rings. The van der Waals surface area contributed by atoms with Crippen molar-refractivity contribution in [2.24, 2.45) is 4.99 Å². The molecule has 3 heterocycles. The second-order valence-corrected chi connectivity index (χ2v) is 7.39. The van der Waals surface area contributed by atoms with Crippen LogP contribution in [0.1, 0.15) is 17.5 Å². The third kappa shape index (κ3) is 5.29. The summed E-state index contributed by atoms with van der Waals surface area (Å²) in [5.74, 6) is -0.837. The first-order chi connectivity index (χ1) is 16.8. The van der Waals surface area contributed by atoms with E-state index in [9.17, 15) is 25.0 Å². The number of carbonyl (C=O) groups excluding carboxylic acids is 1. The Hall–Kier alpha value is -4.69. The smallest absolute Gasteiger partial charge is 0.267 e. The number of aryl methyl sites for hydroxylation is 1. The number of ether oxygens (including phenoxy) is 1. The Morgan fingerprint density at radius 3 is 2.83 bits per heavy atom. The number of carbonyl (C=O) groups is 1. The minimum absolute atomic E-state index is 0.0494. The van der Waals surface area contributed by atoms with E-state index in [1.54, 1.807) is 25.3 Å². The van der Waals surface area contributed by atoms with Crippen LogP contribution in [0.3, 0.4) is 0 Å². The van der Waals surface area contributed by atoms with Gasteiger partial charge in [-0.15, -0.1) is 0 Å². The number of fused-ring (bicyclic) bond motifs is 2. The van der Waals surface area contributed by atoms with Crippen molar-refractivity contribution in [2.75, 3.05) is 13.7 Å². The summed E-state index contributed by atoms with van der Waals surface area (Å²) in [4.78, 5) is 45.2. The molecular formula is C24H22N6O5. The van der Waals surface area contributed by atoms with Crippen molar-refractivity contribution in [1.29, 1.82) is 5.26 Å². The van der Waals surface area contributed by atoms with Crippen LogP contribution in [0.5, 0.6) is 0 Å². The molecule has 0 saturated heterocycles. The Morgan fingerprint density at radius 2 is 2.17 bits per heavy atom. The van der Waals surface area contributed by atoms with Crippen LogP contribution in [0, 0.1) is 28.4 Å². The van der Waals surface area contributed by atoms with Gasteiger partial charge in [-0.05, 0) is 24.6 Å². The summed E-state index contributed by atoms with van der Waals surface area (Å²) in [6, 6.07) is 6.81. The highest BCUT2D eigenvalue weighted by molar-refractivity contribution is 5.81. The molecule has 3 aromatic rings. The number of nitro groups is 1. The minimum Gasteiger partial charge on any atom is -0.383 e. The van der Waals surface area contributed by atoms with E-state index in [0.717, 1.165) is 5.56 Å². The van der Waals surface area contributed by atoms with Gasteiger partial charge in [-0.2, -0.15) is 10.3 Å². The number of pyridine rings is 2. The Balaban J connectivity index is 2.31. The Kier molecular flexibility index (Phi) is 7.81. The summed E-state index contributed by atoms with van der Waals surface area (Å²) in [5.41, 5.74) is 0.496. The van der Waals surface area contributed by atoms with Gasteiger partial charge in [-0.25, -0.2) is 4.98 Å². The van der Waals surface area contributed by atoms with Crippen LogP contribution < -0.4 is 11.0 Å². The molecule has 3 aromatic heterocycles. The average Bonchev–Trinajstić information content (AvgIpc) is 2.83. The predicted molar refractivity (Wildman–Crippen MR) is 128 cm³/mol. The molecule has 0 N–H and O–H groups in total. The number of aromatic nitrogens is 3. The lowest BCUT2D eigenvalue weighted by Gasteiger charge is -2.13. The van der Waals surface area contributed by atoms with Gasteiger partial charge in [0.1, 0.15) is 23.8 Å². The average molecular weight is 474 g/mol. The number of allylic oxidation sites excluding steroid dienone is 4. The molecule has 0 saturated carbocycles. The van der Waals surface area contributed by atoms with Gasteiger partial charge in [-0.1, -0.05) is 30.9 Å². The van der Waals surface area contributed by atoms with Gasteiger partial charge in [0.25, 0.3) is 17.2 Å². The molecule has 0 unspecified atom stereocenters. The highest BCUT2D eigenvalue weighted by Crippen LogP contribution is 2.13. The number of hydrogen-bond donors (Lipinski definition) is 0. The van der Waals surface area contributed by atoms with Crippen molar-refractivity contribution < 1.29 is 14.5 Å². The lowest BCUT2D eigenvalue weighted by atomic mass is 10.2. The molecule has 11 nitrogen and oxygen atoms in total. The van der Waals surface area contributed by atoms with Crippen molar-refractivity contribution in [3.63, 3.8) is 0 Å². The van der Waals surface area contributed by atoms with Gasteiger partial charge < -0.3 is 9.30 Å². The standard InChI is InChI=1S/C24H22N6O5/c1-4-5-6-9-18(30(33)34)14-20(31)26-22-17(15-25)13-19-23(28(22)11-12-35-3)27-21-16(2)8-7-10-29(21)24(19)32/h4-10,13H,1,11-12,14H2,2-3H3/b6-5-,18-9+,26-22?. The zero-order valence-electron chi connectivity index (χ0n) is 19.2. The number of methoxy groups -OCH3 is 1. The van der Waals surface area contributed by atoms with Crippen LogP contribution in [0.15, 0.2) is 70.8 Å². The van der Waals surface area contributed by atoms with Crippen LogP contribution in [0.25, 0.3) is 16.7 Å². The Labute approximate surface area is 199 Å². The van der Waals surface area contributed by atoms with Crippen molar-refractivity contribution in [1.82, 2.24) is 14.0 Å². The Morgan fingerprint density at radius 1 is 1.40 bits per heavy atom. The summed E-state index contributed by atoms with van der Waals surface area (Å²) in [7, 11) is 1.48. The van der Waals surface area contributed by atoms with Crippen LogP contribution in [0.4, 0.5) is 0 Å². The summed E-state index contributed by atoms with van der Waals surface area (Å²) in [6.07, 6.45) is 6.47. The summed E-state index contributed by atoms with van der Waals surface area (Å²) < 4.78 is 8.00. The van der Waals surface area contributed by atoms with E-state index in [-0.39, 0.29) is 46.5 Å². The summed E-state index contributed by atoms with van der Waals surface area (Å²) >= 11 is 0. The monoisotopic (exact) mass is 474 g/mol. The maximum atomic E-state index is 13.2. The SMILES string of the molecule is C=C/C=C\C=C(/CC(=O)N=c1c(C#N)cc2c(=O)n3cccc(C)c3nc2n1CCOC)[N+](=O)[O-]. The van der Waals surface area contributed by atoms with Crippen LogP contribution >= 0.6 is 0 Å². The van der Waals surface area contributed by atoms with E-state index in [2.05, 4.69) is 16.6 Å². The normalized spacial score (nSPS) is 12.4. The van der Waals surface area contributed by atoms with Gasteiger partial charge >= 0.3 is 0 Å². The first-order valence-electron chi connectivity index (χ1n) is 10.5. The van der Waals surface area contributed by atoms with Gasteiger partial charge in [0.2, 0.25) is 0 Å². The van der Waals surface area contributed by atoms with Gasteiger partial charge in [-0.3, -0.25) is 24.1 Å². The van der Waals surface area contributed by atoms with Crippen molar-refractivity contribution in [2.45, 2.75) is 19.9 Å². The molecule has 35 heavy (non-hydrogen) atoms. The lowest BCUT2D eigenvalue weighted by Crippen LogP contribution is -2.31. The molecule has 1 amide bonds. The molecule has 0 aliphatic rings. The molecule has 0 bridgehead atoms. The number of nitrogens with zero attached hydrogens (tertiary/aromatic N) is 6. The number of hydrogen-bond acceptors (Lipinski definition) is 7. The predicted octanol–water partition coefficient (Wildman–Crippen LogP) is 2.20. The van der Waals surface area contributed by atoms with Crippen LogP contribution in [0.2, 0.25) is 0 Å². The van der Waals surface area contributed by atoms with Crippen LogP contribution in [-0.4, -0.2) is 38.5 Å². The molecule has 0 spiro atoms. The first-order valence-corrected chi connectivity index (χ1v) is 10.5. The number of rotatable bonds is 8. The van der Waals surface area contributed by atoms with E-state index < -0.39 is 17.3 Å². The van der Waals surface area contributed by atoms with E-state index in [0.29, 0.717) is 5.65 Å². The quantitative estimate of drug-likeness (QED) is 0.211. The second-order valence-electron chi connectivity index (χ2n) is 7.39. The topological polar surface area (TPSA) is 145 Å². The fourth-order valence-corrected chi connectivity index (χ4v) is 3.43. The van der Waals surface area contributed by atoms with E-state index >= 15 is 0 Å². The van der Waals surface area contributed by atoms with Crippen molar-refractivity contribution >= 4 is 22.6 Å². The molecule has 0 radical (unpaired) electrons. The minimum atomic E-state index is -0.837. The number of amides is 1. The molecule has 0 aromatic carbocycles. The zero-order chi connectivity index (χ0) is 25.5. The van der Waals surface area contributed by atoms with Crippen LogP contribution in [-0.2, 0) is 16.1 Å². The lowest BCUT2D eigenvalue weighted by molar-refractivity contribution is -0.426. The molecule has 0 aliphatic carbocycles. The van der Waals surface area contributed by atoms with E-state index in [1.807, 2.05) is 6.07 Å². The highest BCUT2D eigenvalue weighted by Gasteiger charge is 2.18. The molecule has 11 heteroatoms. The molecule has 3 rings (SSSR count). The maximum Gasteiger partial charge on any atom is 0.267 e. The third-order valence-electron chi connectivity index (χ3n) is 5.08. The fourth-order valence-electron chi connectivity index (χ4n) is 3.43. The molecule has 178 valence electrons. The third-order valence-corrected chi connectivity index (χ3v) is 5.08. The van der Waals surface area contributed by atoms with E-state index in [4.69, 9.17) is 4.74 Å². The van der Waals surface area contributed by atoms with Crippen molar-refractivity contribution in [3.8, 4) is 6.07 Å². The van der Waals surface area contributed by atoms with Gasteiger partial charge in [0, 0.05) is 25.9 Å². The zero-order valence-corrected chi connectivity index (χ0v) is 19.2. The van der Waals surface area contributed by atoms with Gasteiger partial charge in [0.15, 0.2) is 5.49 Å². The number of nitriles is 1. The van der Waals surface area contributed by atoms with Gasteiger partial charge in [0.05, 0.1) is 22.5 Å². The Bertz CT molecular complexity index is 1570. The van der Waals surface area contributed by atoms with E-state index in [1.165, 1.54) is 46.4 Å². The molecule has 0 atom stereocenters. The first kappa shape index (κ1) is 24.9. The summed E-state index contributed by atoms with van der Waals surface area (Å²) in [6.45, 7) is 5.59. The fraction of sp³-hybridized carbons (Fsp3) is 0.208. The second kappa shape index (κ2) is 11.0. The molecule has 0 aliphatic heterocycles. The maximum absolute atomic E-state index is 13.2. The molecular weight excluding hydrogens is 452 g/mol. The van der Waals surface area contributed by atoms with Crippen molar-refractivity contribution in [3.05, 3.63) is 98.1 Å². The largest absolute Gasteiger partial charge is 0.383 e.